The number of hydrogen-bond donors (Lipinski definition) is 2. The Morgan fingerprint density at radius 2 is 1.88 bits per heavy atom. The smallest absolute Gasteiger partial charge is 0.304 e. The second-order valence-electron chi connectivity index (χ2n) is 11.3. The van der Waals surface area contributed by atoms with Crippen molar-refractivity contribution >= 4 is 37.5 Å². The number of ether oxygens (including phenoxy) is 3. The van der Waals surface area contributed by atoms with E-state index in [2.05, 4.69) is 0 Å². The van der Waals surface area contributed by atoms with Crippen molar-refractivity contribution in [3.8, 4) is 5.75 Å². The third-order valence-electron chi connectivity index (χ3n) is 8.37. The number of anilines is 2. The number of esters is 1. The second-order valence-corrected chi connectivity index (χ2v) is 15.3. The van der Waals surface area contributed by atoms with Crippen LogP contribution in [0.4, 0.5) is 11.4 Å². The summed E-state index contributed by atoms with van der Waals surface area (Å²) < 4.78 is 17.3. The molecule has 2 saturated heterocycles. The molecular weight excluding hydrogens is 532 g/mol. The summed E-state index contributed by atoms with van der Waals surface area (Å²) in [6.45, 7) is 7.11. The van der Waals surface area contributed by atoms with E-state index in [1.807, 2.05) is 44.3 Å². The van der Waals surface area contributed by atoms with Crippen LogP contribution in [0.15, 0.2) is 42.5 Å². The molecule has 2 aromatic rings. The Bertz CT molecular complexity index is 1330. The van der Waals surface area contributed by atoms with Gasteiger partial charge in [0.05, 0.1) is 31.9 Å². The highest BCUT2D eigenvalue weighted by atomic mass is 28.4. The zero-order valence-electron chi connectivity index (χ0n) is 23.4. The highest BCUT2D eigenvalue weighted by Gasteiger charge is 2.66. The molecule has 0 radical (unpaired) electrons. The van der Waals surface area contributed by atoms with Crippen LogP contribution in [0.3, 0.4) is 0 Å². The van der Waals surface area contributed by atoms with Crippen LogP contribution in [0, 0.1) is 5.92 Å². The number of rotatable bonds is 8. The predicted octanol–water partition coefficient (Wildman–Crippen LogP) is 3.05. The lowest BCUT2D eigenvalue weighted by Crippen LogP contribution is -2.54. The molecule has 3 aliphatic heterocycles. The summed E-state index contributed by atoms with van der Waals surface area (Å²) in [6, 6.07) is 12.7. The van der Waals surface area contributed by atoms with E-state index in [4.69, 9.17) is 14.2 Å². The average molecular weight is 569 g/mol. The SMILES string of the molecule is COc1ccc2c(c1)[C@]1(O[C@@H](CCO)[C@H]([Si](C)(C)O)[C@H]1C)C(=O)N2Cc1ccc(N2C(=O)CC2OC(C)=O)cc1. The van der Waals surface area contributed by atoms with Gasteiger partial charge in [-0.15, -0.1) is 0 Å². The van der Waals surface area contributed by atoms with Gasteiger partial charge in [0.25, 0.3) is 5.91 Å². The molecule has 2 N–H and O–H groups in total. The Morgan fingerprint density at radius 1 is 1.18 bits per heavy atom. The van der Waals surface area contributed by atoms with E-state index in [0.717, 1.165) is 5.56 Å². The number of aliphatic hydroxyl groups excluding tert-OH is 1. The van der Waals surface area contributed by atoms with E-state index in [0.29, 0.717) is 29.1 Å². The average Bonchev–Trinajstić information content (AvgIpc) is 3.31. The van der Waals surface area contributed by atoms with Crippen LogP contribution in [-0.4, -0.2) is 62.1 Å². The topological polar surface area (TPSA) is 126 Å². The van der Waals surface area contributed by atoms with E-state index in [-0.39, 0.29) is 42.8 Å². The first-order valence-electron chi connectivity index (χ1n) is 13.5. The molecular formula is C29H36N2O8Si. The molecule has 1 spiro atoms. The molecule has 0 aromatic heterocycles. The lowest BCUT2D eigenvalue weighted by atomic mass is 9.82. The molecule has 3 aliphatic rings. The van der Waals surface area contributed by atoms with Crippen LogP contribution in [0.1, 0.15) is 37.8 Å². The standard InChI is InChI=1S/C29H36N2O8Si/c1-17-27(40(4,5)36)24(12-13-32)39-29(17)22-14-21(37-3)10-11-23(22)30(28(29)35)16-19-6-8-20(9-7-19)31-25(34)15-26(31)38-18(2)33/h6-11,14,17,24,26-27,32,36H,12-13,15-16H2,1-5H3/t17-,24+,26?,27-,29+/m1/s1. The number of methoxy groups -OCH3 is 1. The van der Waals surface area contributed by atoms with Gasteiger partial charge in [0.1, 0.15) is 5.75 Å². The van der Waals surface area contributed by atoms with Gasteiger partial charge >= 0.3 is 5.97 Å². The molecule has 1 unspecified atom stereocenters. The monoisotopic (exact) mass is 568 g/mol. The quantitative estimate of drug-likeness (QED) is 0.283. The number of amides is 2. The molecule has 10 nitrogen and oxygen atoms in total. The second kappa shape index (κ2) is 10.3. The zero-order valence-corrected chi connectivity index (χ0v) is 24.4. The third-order valence-corrected chi connectivity index (χ3v) is 10.9. The van der Waals surface area contributed by atoms with Crippen LogP contribution >= 0.6 is 0 Å². The number of β-lactam (4-membered cyclic amide) rings is 1. The summed E-state index contributed by atoms with van der Waals surface area (Å²) in [4.78, 5) is 52.3. The van der Waals surface area contributed by atoms with Crippen LogP contribution < -0.4 is 14.5 Å². The van der Waals surface area contributed by atoms with Crippen molar-refractivity contribution in [2.24, 2.45) is 5.92 Å². The first-order chi connectivity index (χ1) is 18.9. The number of nitrogens with zero attached hydrogens (tertiary/aromatic N) is 2. The Kier molecular flexibility index (Phi) is 7.28. The van der Waals surface area contributed by atoms with Crippen molar-refractivity contribution < 1.29 is 38.5 Å². The minimum Gasteiger partial charge on any atom is -0.497 e. The van der Waals surface area contributed by atoms with E-state index in [1.54, 1.807) is 30.2 Å². The van der Waals surface area contributed by atoms with Gasteiger partial charge in [-0.3, -0.25) is 19.3 Å². The Morgan fingerprint density at radius 3 is 2.45 bits per heavy atom. The molecule has 0 bridgehead atoms. The van der Waals surface area contributed by atoms with E-state index >= 15 is 0 Å². The van der Waals surface area contributed by atoms with Crippen molar-refractivity contribution in [3.63, 3.8) is 0 Å². The van der Waals surface area contributed by atoms with Gasteiger partial charge in [0.15, 0.2) is 20.1 Å². The summed E-state index contributed by atoms with van der Waals surface area (Å²) in [6.07, 6.45) is -0.604. The highest BCUT2D eigenvalue weighted by Crippen LogP contribution is 2.60. The normalized spacial score (nSPS) is 27.7. The zero-order chi connectivity index (χ0) is 29.0. The molecule has 214 valence electrons. The van der Waals surface area contributed by atoms with Crippen LogP contribution in [0.25, 0.3) is 0 Å². The molecule has 11 heteroatoms. The van der Waals surface area contributed by atoms with Gasteiger partial charge in [-0.1, -0.05) is 19.1 Å². The highest BCUT2D eigenvalue weighted by molar-refractivity contribution is 6.71. The number of carbonyl (C=O) groups excluding carboxylic acids is 3. The summed E-state index contributed by atoms with van der Waals surface area (Å²) in [5, 5.41) is 9.77. The maximum Gasteiger partial charge on any atom is 0.304 e. The van der Waals surface area contributed by atoms with Crippen molar-refractivity contribution in [1.82, 2.24) is 0 Å². The minimum absolute atomic E-state index is 0.110. The maximum absolute atomic E-state index is 14.4. The van der Waals surface area contributed by atoms with Crippen molar-refractivity contribution in [2.75, 3.05) is 23.5 Å². The van der Waals surface area contributed by atoms with Gasteiger partial charge in [0, 0.05) is 36.2 Å². The van der Waals surface area contributed by atoms with Crippen LogP contribution in [0.2, 0.25) is 18.6 Å². The van der Waals surface area contributed by atoms with E-state index in [9.17, 15) is 24.3 Å². The predicted molar refractivity (Wildman–Crippen MR) is 149 cm³/mol. The molecule has 40 heavy (non-hydrogen) atoms. The molecule has 2 aromatic carbocycles. The number of fused-ring (bicyclic) bond motifs is 2. The van der Waals surface area contributed by atoms with E-state index in [1.165, 1.54) is 11.8 Å². The lowest BCUT2D eigenvalue weighted by molar-refractivity contribution is -0.154. The molecule has 5 rings (SSSR count). The van der Waals surface area contributed by atoms with Gasteiger partial charge in [-0.2, -0.15) is 0 Å². The number of benzene rings is 2. The Labute approximate surface area is 234 Å². The summed E-state index contributed by atoms with van der Waals surface area (Å²) in [7, 11) is -1.22. The Hall–Kier alpha value is -3.25. The van der Waals surface area contributed by atoms with Gasteiger partial charge in [0.2, 0.25) is 5.91 Å². The van der Waals surface area contributed by atoms with Crippen molar-refractivity contribution in [1.29, 1.82) is 0 Å². The number of hydrogen-bond acceptors (Lipinski definition) is 8. The van der Waals surface area contributed by atoms with Gasteiger partial charge in [-0.05, 0) is 55.4 Å². The number of aliphatic hydroxyl groups is 1. The molecule has 5 atom stereocenters. The largest absolute Gasteiger partial charge is 0.497 e. The number of carbonyl (C=O) groups is 3. The molecule has 3 heterocycles. The maximum atomic E-state index is 14.4. The fourth-order valence-electron chi connectivity index (χ4n) is 6.67. The van der Waals surface area contributed by atoms with Gasteiger partial charge in [-0.25, -0.2) is 0 Å². The van der Waals surface area contributed by atoms with Crippen LogP contribution in [0.5, 0.6) is 5.75 Å². The van der Waals surface area contributed by atoms with Crippen molar-refractivity contribution in [2.45, 2.75) is 69.8 Å². The van der Waals surface area contributed by atoms with E-state index < -0.39 is 32.2 Å². The first-order valence-corrected chi connectivity index (χ1v) is 16.5. The third kappa shape index (κ3) is 4.50. The summed E-state index contributed by atoms with van der Waals surface area (Å²) >= 11 is 0. The molecule has 2 amide bonds. The molecule has 0 saturated carbocycles. The molecule has 0 aliphatic carbocycles. The van der Waals surface area contributed by atoms with Crippen LogP contribution in [-0.2, 0) is 36.0 Å². The van der Waals surface area contributed by atoms with Gasteiger partial charge < -0.3 is 29.0 Å². The first kappa shape index (κ1) is 28.3. The van der Waals surface area contributed by atoms with Crippen molar-refractivity contribution in [3.05, 3.63) is 53.6 Å². The lowest BCUT2D eigenvalue weighted by Gasteiger charge is -2.39. The minimum atomic E-state index is -2.79. The summed E-state index contributed by atoms with van der Waals surface area (Å²) in [5.74, 6) is -0.540. The Balaban J connectivity index is 1.48. The molecule has 2 fully saturated rings. The fourth-order valence-corrected chi connectivity index (χ4v) is 9.27. The fraction of sp³-hybridized carbons (Fsp3) is 0.483. The summed E-state index contributed by atoms with van der Waals surface area (Å²) in [5.41, 5.74) is 1.26.